The molecule has 3 nitrogen and oxygen atoms in total. The zero-order valence-corrected chi connectivity index (χ0v) is 10.8. The minimum atomic E-state index is 0.204. The number of hydrogen-bond donors (Lipinski definition) is 0. The molecule has 2 aromatic rings. The van der Waals surface area contributed by atoms with E-state index in [1.807, 2.05) is 30.3 Å². The van der Waals surface area contributed by atoms with Crippen LogP contribution in [0.4, 0.5) is 0 Å². The van der Waals surface area contributed by atoms with Crippen molar-refractivity contribution in [1.82, 2.24) is 9.97 Å². The second-order valence-electron chi connectivity index (χ2n) is 3.78. The maximum atomic E-state index is 11.8. The Morgan fingerprint density at radius 2 is 2.00 bits per heavy atom. The summed E-state index contributed by atoms with van der Waals surface area (Å²) in [7, 11) is 0. The third-order valence-electron chi connectivity index (χ3n) is 2.43. The Kier molecular flexibility index (Phi) is 4.90. The minimum Gasteiger partial charge on any atom is -0.294 e. The van der Waals surface area contributed by atoms with E-state index >= 15 is 0 Å². The Morgan fingerprint density at radius 3 is 2.72 bits per heavy atom. The Labute approximate surface area is 111 Å². The van der Waals surface area contributed by atoms with Crippen LogP contribution in [0, 0.1) is 0 Å². The van der Waals surface area contributed by atoms with E-state index < -0.39 is 0 Å². The molecular weight excluding hydrogens is 244 g/mol. The highest BCUT2D eigenvalue weighted by Crippen LogP contribution is 2.15. The van der Waals surface area contributed by atoms with Gasteiger partial charge in [0.05, 0.1) is 6.20 Å². The van der Waals surface area contributed by atoms with Crippen molar-refractivity contribution in [2.24, 2.45) is 0 Å². The summed E-state index contributed by atoms with van der Waals surface area (Å²) in [6, 6.07) is 9.42. The van der Waals surface area contributed by atoms with Crippen molar-refractivity contribution in [2.45, 2.75) is 17.9 Å². The van der Waals surface area contributed by atoms with Crippen molar-refractivity contribution >= 4 is 17.5 Å². The number of aromatic nitrogens is 2. The van der Waals surface area contributed by atoms with E-state index in [4.69, 9.17) is 0 Å². The number of carbonyl (C=O) groups excluding carboxylic acids is 1. The highest BCUT2D eigenvalue weighted by molar-refractivity contribution is 7.99. The molecule has 0 aliphatic rings. The number of benzene rings is 1. The number of thioether (sulfide) groups is 1. The molecule has 18 heavy (non-hydrogen) atoms. The van der Waals surface area contributed by atoms with E-state index in [-0.39, 0.29) is 5.78 Å². The monoisotopic (exact) mass is 258 g/mol. The number of rotatable bonds is 6. The van der Waals surface area contributed by atoms with Crippen molar-refractivity contribution < 1.29 is 4.79 Å². The van der Waals surface area contributed by atoms with Gasteiger partial charge in [0.2, 0.25) is 0 Å². The highest BCUT2D eigenvalue weighted by Gasteiger charge is 2.04. The van der Waals surface area contributed by atoms with Gasteiger partial charge in [-0.05, 0) is 12.2 Å². The lowest BCUT2D eigenvalue weighted by atomic mass is 10.1. The summed E-state index contributed by atoms with van der Waals surface area (Å²) >= 11 is 1.63. The van der Waals surface area contributed by atoms with Crippen LogP contribution >= 0.6 is 11.8 Å². The maximum absolute atomic E-state index is 11.8. The van der Waals surface area contributed by atoms with Crippen molar-refractivity contribution in [3.05, 3.63) is 54.5 Å². The molecule has 0 atom stereocenters. The zero-order valence-electron chi connectivity index (χ0n) is 9.95. The standard InChI is InChI=1S/C14H14N2OS/c17-13(12-5-2-1-3-6-12)7-4-10-18-14-11-15-8-9-16-14/h1-3,5-6,8-9,11H,4,7,10H2. The van der Waals surface area contributed by atoms with E-state index in [0.717, 1.165) is 22.8 Å². The van der Waals surface area contributed by atoms with E-state index in [2.05, 4.69) is 9.97 Å². The van der Waals surface area contributed by atoms with Crippen molar-refractivity contribution in [2.75, 3.05) is 5.75 Å². The summed E-state index contributed by atoms with van der Waals surface area (Å²) in [6.45, 7) is 0. The van der Waals surface area contributed by atoms with Gasteiger partial charge in [-0.15, -0.1) is 11.8 Å². The summed E-state index contributed by atoms with van der Waals surface area (Å²) < 4.78 is 0. The molecule has 2 rings (SSSR count). The van der Waals surface area contributed by atoms with Crippen LogP contribution in [-0.4, -0.2) is 21.5 Å². The Morgan fingerprint density at radius 1 is 1.17 bits per heavy atom. The van der Waals surface area contributed by atoms with Gasteiger partial charge in [0.15, 0.2) is 5.78 Å². The number of ketones is 1. The smallest absolute Gasteiger partial charge is 0.162 e. The van der Waals surface area contributed by atoms with Crippen LogP contribution in [0.1, 0.15) is 23.2 Å². The average molecular weight is 258 g/mol. The van der Waals surface area contributed by atoms with E-state index in [0.29, 0.717) is 6.42 Å². The van der Waals surface area contributed by atoms with Crippen LogP contribution in [0.2, 0.25) is 0 Å². The lowest BCUT2D eigenvalue weighted by Crippen LogP contribution is -1.99. The van der Waals surface area contributed by atoms with Gasteiger partial charge < -0.3 is 0 Å². The molecule has 4 heteroatoms. The van der Waals surface area contributed by atoms with Gasteiger partial charge >= 0.3 is 0 Å². The summed E-state index contributed by atoms with van der Waals surface area (Å²) in [5.74, 6) is 1.09. The van der Waals surface area contributed by atoms with E-state index in [9.17, 15) is 4.79 Å². The van der Waals surface area contributed by atoms with Gasteiger partial charge in [-0.3, -0.25) is 9.78 Å². The summed E-state index contributed by atoms with van der Waals surface area (Å²) in [6.07, 6.45) is 6.51. The second kappa shape index (κ2) is 6.91. The van der Waals surface area contributed by atoms with Crippen molar-refractivity contribution in [3.63, 3.8) is 0 Å². The van der Waals surface area contributed by atoms with Gasteiger partial charge in [-0.25, -0.2) is 4.98 Å². The Hall–Kier alpha value is -1.68. The summed E-state index contributed by atoms with van der Waals surface area (Å²) in [5.41, 5.74) is 0.794. The van der Waals surface area contributed by atoms with Gasteiger partial charge in [-0.1, -0.05) is 30.3 Å². The molecule has 0 unspecified atom stereocenters. The fourth-order valence-corrected chi connectivity index (χ4v) is 2.31. The molecule has 0 fully saturated rings. The van der Waals surface area contributed by atoms with Gasteiger partial charge in [0.1, 0.15) is 5.03 Å². The first-order valence-electron chi connectivity index (χ1n) is 5.83. The van der Waals surface area contributed by atoms with Crippen LogP contribution in [0.3, 0.4) is 0 Å². The highest BCUT2D eigenvalue weighted by atomic mass is 32.2. The summed E-state index contributed by atoms with van der Waals surface area (Å²) in [4.78, 5) is 20.0. The molecule has 0 amide bonds. The third kappa shape index (κ3) is 3.96. The van der Waals surface area contributed by atoms with Crippen molar-refractivity contribution in [1.29, 1.82) is 0 Å². The molecule has 0 aliphatic heterocycles. The van der Waals surface area contributed by atoms with Crippen LogP contribution in [0.25, 0.3) is 0 Å². The molecule has 92 valence electrons. The molecular formula is C14H14N2OS. The molecule has 0 spiro atoms. The van der Waals surface area contributed by atoms with Gasteiger partial charge in [0.25, 0.3) is 0 Å². The quantitative estimate of drug-likeness (QED) is 0.453. The largest absolute Gasteiger partial charge is 0.294 e. The predicted molar refractivity (Wildman–Crippen MR) is 72.8 cm³/mol. The lowest BCUT2D eigenvalue weighted by molar-refractivity contribution is 0.0982. The van der Waals surface area contributed by atoms with Crippen LogP contribution in [-0.2, 0) is 0 Å². The fraction of sp³-hybridized carbons (Fsp3) is 0.214. The third-order valence-corrected chi connectivity index (χ3v) is 3.43. The molecule has 0 radical (unpaired) electrons. The minimum absolute atomic E-state index is 0.204. The number of carbonyl (C=O) groups is 1. The predicted octanol–water partition coefficient (Wildman–Crippen LogP) is 3.23. The lowest BCUT2D eigenvalue weighted by Gasteiger charge is -2.01. The molecule has 0 N–H and O–H groups in total. The number of Topliss-reactive ketones (excluding diaryl/α,β-unsaturated/α-hetero) is 1. The normalized spacial score (nSPS) is 10.2. The second-order valence-corrected chi connectivity index (χ2v) is 4.90. The van der Waals surface area contributed by atoms with E-state index in [1.165, 1.54) is 0 Å². The topological polar surface area (TPSA) is 42.9 Å². The molecule has 1 heterocycles. The van der Waals surface area contributed by atoms with E-state index in [1.54, 1.807) is 30.4 Å². The van der Waals surface area contributed by atoms with Crippen molar-refractivity contribution in [3.8, 4) is 0 Å². The SMILES string of the molecule is O=C(CCCSc1cnccn1)c1ccccc1. The van der Waals surface area contributed by atoms with Gasteiger partial charge in [-0.2, -0.15) is 0 Å². The fourth-order valence-electron chi connectivity index (χ4n) is 1.54. The first-order chi connectivity index (χ1) is 8.86. The number of nitrogens with zero attached hydrogens (tertiary/aromatic N) is 2. The van der Waals surface area contributed by atoms with Gasteiger partial charge in [0, 0.05) is 24.4 Å². The molecule has 0 bridgehead atoms. The number of hydrogen-bond acceptors (Lipinski definition) is 4. The Balaban J connectivity index is 1.72. The summed E-state index contributed by atoms with van der Waals surface area (Å²) in [5, 5.41) is 0.907. The zero-order chi connectivity index (χ0) is 12.6. The first kappa shape index (κ1) is 12.8. The average Bonchev–Trinajstić information content (AvgIpc) is 2.45. The molecule has 1 aromatic carbocycles. The van der Waals surface area contributed by atoms with Crippen LogP contribution in [0.15, 0.2) is 53.9 Å². The molecule has 0 aliphatic carbocycles. The molecule has 1 aromatic heterocycles. The maximum Gasteiger partial charge on any atom is 0.162 e. The Bertz CT molecular complexity index is 488. The first-order valence-corrected chi connectivity index (χ1v) is 6.82. The molecule has 0 saturated carbocycles. The molecule has 0 saturated heterocycles. The van der Waals surface area contributed by atoms with Crippen LogP contribution in [0.5, 0.6) is 0 Å². The van der Waals surface area contributed by atoms with Crippen LogP contribution < -0.4 is 0 Å².